The quantitative estimate of drug-likeness (QED) is 0.161. The molecule has 0 saturated heterocycles. The van der Waals surface area contributed by atoms with Crippen LogP contribution in [0.2, 0.25) is 0 Å². The number of anilines is 4. The van der Waals surface area contributed by atoms with Gasteiger partial charge in [-0.2, -0.15) is 0 Å². The minimum atomic E-state index is -2.40. The summed E-state index contributed by atoms with van der Waals surface area (Å²) in [4.78, 5) is 9.75. The van der Waals surface area contributed by atoms with Crippen LogP contribution in [-0.2, 0) is 10.8 Å². The van der Waals surface area contributed by atoms with E-state index < -0.39 is 6.85 Å². The molecule has 3 heterocycles. The molecule has 0 spiro atoms. The summed E-state index contributed by atoms with van der Waals surface area (Å²) in [5, 5.41) is 2.05. The highest BCUT2D eigenvalue weighted by Crippen LogP contribution is 2.46. The molecule has 0 N–H and O–H groups in total. The number of ether oxygens (including phenoxy) is 1. The lowest BCUT2D eigenvalue weighted by Gasteiger charge is -2.29. The highest BCUT2D eigenvalue weighted by molar-refractivity contribution is 6.09. The van der Waals surface area contributed by atoms with Crippen molar-refractivity contribution in [2.75, 3.05) is 16.5 Å². The van der Waals surface area contributed by atoms with Crippen LogP contribution in [0.3, 0.4) is 0 Å². The van der Waals surface area contributed by atoms with Crippen molar-refractivity contribution in [3.8, 4) is 39.6 Å². The minimum Gasteiger partial charge on any atom is -0.457 e. The predicted molar refractivity (Wildman–Crippen MR) is 260 cm³/mol. The number of aromatic nitrogens is 2. The van der Waals surface area contributed by atoms with Crippen LogP contribution in [0.5, 0.6) is 11.5 Å². The Labute approximate surface area is 369 Å². The molecule has 1 aliphatic heterocycles. The van der Waals surface area contributed by atoms with E-state index in [9.17, 15) is 0 Å². The van der Waals surface area contributed by atoms with Crippen LogP contribution in [0.25, 0.3) is 49.9 Å². The van der Waals surface area contributed by atoms with Crippen LogP contribution in [-0.4, -0.2) is 16.2 Å². The third-order valence-corrected chi connectivity index (χ3v) is 12.1. The fourth-order valence-corrected chi connectivity index (χ4v) is 8.69. The third-order valence-electron chi connectivity index (χ3n) is 12.1. The molecule has 1 aliphatic rings. The monoisotopic (exact) mass is 811 g/mol. The van der Waals surface area contributed by atoms with E-state index in [4.69, 9.17) is 13.8 Å². The molecular formula is C57H52N4O. The Morgan fingerprint density at radius 3 is 1.89 bits per heavy atom. The number of fused-ring (bicyclic) bond motifs is 4. The fourth-order valence-electron chi connectivity index (χ4n) is 8.69. The van der Waals surface area contributed by atoms with Crippen LogP contribution in [0.1, 0.15) is 62.3 Å². The molecule has 0 bridgehead atoms. The summed E-state index contributed by atoms with van der Waals surface area (Å²) in [6, 6.07) is 58.0. The number of para-hydroxylation sites is 3. The van der Waals surface area contributed by atoms with Gasteiger partial charge in [-0.05, 0) is 118 Å². The van der Waals surface area contributed by atoms with E-state index in [1.54, 1.807) is 12.3 Å². The lowest BCUT2D eigenvalue weighted by Crippen LogP contribution is -2.25. The van der Waals surface area contributed by atoms with Crippen molar-refractivity contribution in [3.63, 3.8) is 0 Å². The topological polar surface area (TPSA) is 33.5 Å². The molecule has 306 valence electrons. The largest absolute Gasteiger partial charge is 0.457 e. The average molecular weight is 812 g/mol. The van der Waals surface area contributed by atoms with Gasteiger partial charge in [-0.1, -0.05) is 133 Å². The second kappa shape index (κ2) is 15.1. The summed E-state index contributed by atoms with van der Waals surface area (Å²) in [6.07, 6.45) is 1.70. The zero-order chi connectivity index (χ0) is 45.3. The highest BCUT2D eigenvalue weighted by Gasteiger charge is 2.30. The fraction of sp³-hybridized carbons (Fsp3) is 0.175. The molecule has 0 aliphatic carbocycles. The highest BCUT2D eigenvalue weighted by atomic mass is 16.5. The lowest BCUT2D eigenvalue weighted by atomic mass is 9.80. The van der Waals surface area contributed by atoms with E-state index in [1.165, 1.54) is 16.8 Å². The summed E-state index contributed by atoms with van der Waals surface area (Å²) in [7, 11) is 0. The molecule has 0 fully saturated rings. The third kappa shape index (κ3) is 7.17. The van der Waals surface area contributed by atoms with E-state index in [2.05, 4.69) is 130 Å². The van der Waals surface area contributed by atoms with Gasteiger partial charge in [0.2, 0.25) is 0 Å². The lowest BCUT2D eigenvalue weighted by molar-refractivity contribution is 0.483. The maximum Gasteiger partial charge on any atom is 0.137 e. The second-order valence-electron chi connectivity index (χ2n) is 18.4. The number of hydrogen-bond donors (Lipinski definition) is 0. The van der Waals surface area contributed by atoms with Crippen molar-refractivity contribution < 1.29 is 8.85 Å². The van der Waals surface area contributed by atoms with Crippen molar-refractivity contribution in [2.45, 2.75) is 59.2 Å². The predicted octanol–water partition coefficient (Wildman–Crippen LogP) is 15.5. The Morgan fingerprint density at radius 2 is 1.15 bits per heavy atom. The van der Waals surface area contributed by atoms with Crippen molar-refractivity contribution >= 4 is 44.6 Å². The average Bonchev–Trinajstić information content (AvgIpc) is 3.84. The first-order valence-corrected chi connectivity index (χ1v) is 21.4. The second-order valence-corrected chi connectivity index (χ2v) is 18.4. The maximum absolute atomic E-state index is 8.69. The standard InChI is InChI=1S/C57H52N4O/c1-38-29-55(58-36-50(38)41-20-15-19-40(30-41)39-17-9-8-10-18-39)61-51-24-12-11-23-48(51)49-28-27-47(35-54(49)61)62-46-22-16-21-44(34-46)59-37-60(53-26-14-13-25-52(53)59)45-32-42(56(2,3)4)31-43(33-45)57(5,6)7/h8-36H,37H2,1-7H3/i1D3. The van der Waals surface area contributed by atoms with Gasteiger partial charge >= 0.3 is 0 Å². The first kappa shape index (κ1) is 35.6. The summed E-state index contributed by atoms with van der Waals surface area (Å²) >= 11 is 0. The molecule has 5 nitrogen and oxygen atoms in total. The summed E-state index contributed by atoms with van der Waals surface area (Å²) in [5.74, 6) is 1.88. The SMILES string of the molecule is [2H]C([2H])([2H])c1cc(-n2c3ccccc3c3ccc(Oc4cccc(N5CN(c6cc(C(C)(C)C)cc(C(C)(C)C)c6)c6ccccc65)c4)cc32)ncc1-c1cccc(-c2ccccc2)c1. The smallest absolute Gasteiger partial charge is 0.137 e. The van der Waals surface area contributed by atoms with Crippen LogP contribution in [0.4, 0.5) is 22.7 Å². The van der Waals surface area contributed by atoms with E-state index >= 15 is 0 Å². The van der Waals surface area contributed by atoms with Gasteiger partial charge in [-0.25, -0.2) is 4.98 Å². The maximum atomic E-state index is 8.69. The number of hydrogen-bond acceptors (Lipinski definition) is 4. The molecule has 0 atom stereocenters. The van der Waals surface area contributed by atoms with Crippen molar-refractivity contribution in [1.29, 1.82) is 0 Å². The molecule has 62 heavy (non-hydrogen) atoms. The summed E-state index contributed by atoms with van der Waals surface area (Å²) in [6.45, 7) is 11.9. The molecule has 0 unspecified atom stereocenters. The van der Waals surface area contributed by atoms with Gasteiger partial charge in [0.25, 0.3) is 0 Å². The van der Waals surface area contributed by atoms with Crippen molar-refractivity contribution in [1.82, 2.24) is 9.55 Å². The van der Waals surface area contributed by atoms with Crippen LogP contribution in [0.15, 0.2) is 176 Å². The van der Waals surface area contributed by atoms with Gasteiger partial charge in [0.1, 0.15) is 24.0 Å². The van der Waals surface area contributed by atoms with Gasteiger partial charge in [0, 0.05) is 50.2 Å². The molecule has 0 saturated carbocycles. The Hall–Kier alpha value is -7.11. The van der Waals surface area contributed by atoms with Crippen LogP contribution < -0.4 is 14.5 Å². The van der Waals surface area contributed by atoms with E-state index in [0.29, 0.717) is 29.5 Å². The number of pyridine rings is 1. The summed E-state index contributed by atoms with van der Waals surface area (Å²) in [5.41, 5.74) is 12.6. The molecular weight excluding hydrogens is 757 g/mol. The molecule has 9 aromatic rings. The molecule has 5 heteroatoms. The number of benzene rings is 7. The molecule has 0 radical (unpaired) electrons. The molecule has 10 rings (SSSR count). The number of rotatable bonds is 7. The molecule has 7 aromatic carbocycles. The summed E-state index contributed by atoms with van der Waals surface area (Å²) < 4.78 is 34.8. The van der Waals surface area contributed by atoms with E-state index in [0.717, 1.165) is 55.6 Å². The first-order valence-electron chi connectivity index (χ1n) is 22.9. The van der Waals surface area contributed by atoms with Gasteiger partial charge in [0.05, 0.1) is 22.4 Å². The van der Waals surface area contributed by atoms with E-state index in [1.807, 2.05) is 89.5 Å². The van der Waals surface area contributed by atoms with Crippen molar-refractivity contribution in [2.24, 2.45) is 0 Å². The van der Waals surface area contributed by atoms with Crippen LogP contribution in [0, 0.1) is 6.85 Å². The van der Waals surface area contributed by atoms with Gasteiger partial charge < -0.3 is 14.5 Å². The zero-order valence-electron chi connectivity index (χ0n) is 39.1. The Kier molecular flexibility index (Phi) is 8.68. The van der Waals surface area contributed by atoms with Crippen LogP contribution >= 0.6 is 0 Å². The van der Waals surface area contributed by atoms with Crippen molar-refractivity contribution in [3.05, 3.63) is 193 Å². The van der Waals surface area contributed by atoms with Gasteiger partial charge in [-0.3, -0.25) is 4.57 Å². The number of nitrogens with zero attached hydrogens (tertiary/aromatic N) is 4. The molecule has 0 amide bonds. The van der Waals surface area contributed by atoms with Gasteiger partial charge in [0.15, 0.2) is 0 Å². The zero-order valence-corrected chi connectivity index (χ0v) is 36.1. The Morgan fingerprint density at radius 1 is 0.516 bits per heavy atom. The minimum absolute atomic E-state index is 0.00405. The first-order chi connectivity index (χ1) is 31.1. The van der Waals surface area contributed by atoms with E-state index in [-0.39, 0.29) is 16.4 Å². The normalized spacial score (nSPS) is 13.9. The Bertz CT molecular complexity index is 3220. The number of aryl methyl sites for hydroxylation is 1. The van der Waals surface area contributed by atoms with Gasteiger partial charge in [-0.15, -0.1) is 0 Å². The molecule has 2 aromatic heterocycles. The Balaban J connectivity index is 1.01.